The van der Waals surface area contributed by atoms with Gasteiger partial charge in [-0.2, -0.15) is 0 Å². The number of aromatic nitrogens is 1. The highest BCUT2D eigenvalue weighted by molar-refractivity contribution is 6.62. The third-order valence-electron chi connectivity index (χ3n) is 7.52. The van der Waals surface area contributed by atoms with E-state index in [4.69, 9.17) is 14.0 Å². The number of rotatable bonds is 3. The first-order valence-electron chi connectivity index (χ1n) is 12.1. The Balaban J connectivity index is 1.49. The maximum Gasteiger partial charge on any atom is 0.496 e. The molecule has 8 heteroatoms. The Morgan fingerprint density at radius 2 is 1.64 bits per heavy atom. The molecule has 1 aromatic heterocycles. The van der Waals surface area contributed by atoms with Crippen LogP contribution in [0.2, 0.25) is 0 Å². The molecule has 3 aliphatic heterocycles. The molecule has 0 radical (unpaired) electrons. The molecule has 33 heavy (non-hydrogen) atoms. The molecule has 7 nitrogen and oxygen atoms in total. The Hall–Kier alpha value is -1.93. The molecule has 0 N–H and O–H groups in total. The molecule has 2 bridgehead atoms. The molecular formula is C25H37BN2O5. The number of Topliss-reactive ketones (excluding diaryl/α,β-unsaturated/α-hetero) is 1. The van der Waals surface area contributed by atoms with Gasteiger partial charge in [0, 0.05) is 41.4 Å². The van der Waals surface area contributed by atoms with Crippen LogP contribution in [-0.2, 0) is 14.0 Å². The molecule has 4 heterocycles. The zero-order chi connectivity index (χ0) is 24.2. The van der Waals surface area contributed by atoms with Crippen molar-refractivity contribution in [3.8, 4) is 0 Å². The number of carbonyl (C=O) groups is 2. The fourth-order valence-corrected chi connectivity index (χ4v) is 5.14. The third kappa shape index (κ3) is 4.83. The summed E-state index contributed by atoms with van der Waals surface area (Å²) in [6.07, 6.45) is 7.30. The van der Waals surface area contributed by atoms with Gasteiger partial charge in [-0.1, -0.05) is 0 Å². The van der Waals surface area contributed by atoms with E-state index in [0.717, 1.165) is 24.7 Å². The number of carbonyl (C=O) groups excluding carboxylic acids is 2. The maximum atomic E-state index is 13.5. The molecule has 1 amide bonds. The molecule has 180 valence electrons. The lowest BCUT2D eigenvalue weighted by molar-refractivity contribution is -0.0260. The lowest BCUT2D eigenvalue weighted by Crippen LogP contribution is -2.56. The number of pyridine rings is 1. The average molecular weight is 456 g/mol. The normalized spacial score (nSPS) is 28.5. The summed E-state index contributed by atoms with van der Waals surface area (Å²) in [6, 6.07) is 1.94. The fourth-order valence-electron chi connectivity index (χ4n) is 5.14. The minimum atomic E-state index is -0.552. The predicted molar refractivity (Wildman–Crippen MR) is 127 cm³/mol. The number of amides is 1. The van der Waals surface area contributed by atoms with Crippen LogP contribution >= 0.6 is 0 Å². The van der Waals surface area contributed by atoms with Crippen molar-refractivity contribution in [2.24, 2.45) is 5.92 Å². The summed E-state index contributed by atoms with van der Waals surface area (Å²) >= 11 is 0. The molecule has 3 fully saturated rings. The van der Waals surface area contributed by atoms with Crippen molar-refractivity contribution >= 4 is 24.5 Å². The van der Waals surface area contributed by atoms with Crippen molar-refractivity contribution in [1.82, 2.24) is 9.88 Å². The molecule has 2 atom stereocenters. The van der Waals surface area contributed by atoms with Crippen molar-refractivity contribution in [2.45, 2.75) is 109 Å². The van der Waals surface area contributed by atoms with Gasteiger partial charge in [0.05, 0.1) is 11.2 Å². The Morgan fingerprint density at radius 3 is 2.18 bits per heavy atom. The van der Waals surface area contributed by atoms with Crippen LogP contribution in [0.25, 0.3) is 0 Å². The van der Waals surface area contributed by atoms with Crippen LogP contribution in [0, 0.1) is 5.92 Å². The van der Waals surface area contributed by atoms with E-state index in [1.807, 2.05) is 59.4 Å². The van der Waals surface area contributed by atoms with E-state index in [1.54, 1.807) is 12.4 Å². The van der Waals surface area contributed by atoms with E-state index in [0.29, 0.717) is 18.4 Å². The second kappa shape index (κ2) is 8.38. The number of nitrogens with zero attached hydrogens (tertiary/aromatic N) is 2. The van der Waals surface area contributed by atoms with E-state index in [9.17, 15) is 9.59 Å². The van der Waals surface area contributed by atoms with Crippen LogP contribution in [0.1, 0.15) is 90.9 Å². The van der Waals surface area contributed by atoms with Gasteiger partial charge in [-0.15, -0.1) is 0 Å². The second-order valence-electron chi connectivity index (χ2n) is 11.8. The van der Waals surface area contributed by atoms with Crippen molar-refractivity contribution in [1.29, 1.82) is 0 Å². The summed E-state index contributed by atoms with van der Waals surface area (Å²) in [7, 11) is -0.552. The van der Waals surface area contributed by atoms with Crippen LogP contribution in [0.5, 0.6) is 0 Å². The maximum absolute atomic E-state index is 13.5. The predicted octanol–water partition coefficient (Wildman–Crippen LogP) is 4.13. The minimum absolute atomic E-state index is 0.0422. The molecular weight excluding hydrogens is 419 g/mol. The van der Waals surface area contributed by atoms with Gasteiger partial charge >= 0.3 is 13.2 Å². The van der Waals surface area contributed by atoms with Crippen LogP contribution < -0.4 is 5.46 Å². The van der Waals surface area contributed by atoms with E-state index in [-0.39, 0.29) is 29.9 Å². The molecule has 1 aromatic rings. The van der Waals surface area contributed by atoms with Gasteiger partial charge < -0.3 is 18.9 Å². The second-order valence-corrected chi connectivity index (χ2v) is 11.8. The molecule has 3 aliphatic rings. The van der Waals surface area contributed by atoms with Crippen LogP contribution in [0.3, 0.4) is 0 Å². The van der Waals surface area contributed by atoms with E-state index >= 15 is 0 Å². The molecule has 0 spiro atoms. The topological polar surface area (TPSA) is 78.0 Å². The summed E-state index contributed by atoms with van der Waals surface area (Å²) in [6.45, 7) is 13.7. The van der Waals surface area contributed by atoms with E-state index in [1.165, 1.54) is 0 Å². The van der Waals surface area contributed by atoms with Crippen molar-refractivity contribution in [2.75, 3.05) is 0 Å². The first-order valence-corrected chi connectivity index (χ1v) is 12.1. The molecule has 0 aromatic carbocycles. The van der Waals surface area contributed by atoms with Crippen molar-refractivity contribution in [3.63, 3.8) is 0 Å². The van der Waals surface area contributed by atoms with Gasteiger partial charge in [0.2, 0.25) is 0 Å². The van der Waals surface area contributed by atoms with Crippen molar-refractivity contribution < 1.29 is 23.6 Å². The quantitative estimate of drug-likeness (QED) is 0.503. The van der Waals surface area contributed by atoms with Crippen LogP contribution in [0.4, 0.5) is 4.79 Å². The lowest BCUT2D eigenvalue weighted by atomic mass is 9.74. The highest BCUT2D eigenvalue weighted by atomic mass is 16.7. The lowest BCUT2D eigenvalue weighted by Gasteiger charge is -2.48. The zero-order valence-electron chi connectivity index (χ0n) is 21.0. The van der Waals surface area contributed by atoms with E-state index in [2.05, 4.69) is 4.98 Å². The molecule has 0 aliphatic carbocycles. The Labute approximate surface area is 197 Å². The standard InChI is InChI=1S/C25H37BN2O5/c1-23(2,3)31-22(30)28-19-9-8-10-20(28)13-16(12-19)21(29)17-11-18(15-27-14-17)26-32-24(4,5)25(6,7)33-26/h11,14-16,19-20H,8-10,12-13H2,1-7H3. The smallest absolute Gasteiger partial charge is 0.444 e. The Bertz CT molecular complexity index is 896. The number of hydrogen-bond donors (Lipinski definition) is 0. The van der Waals surface area contributed by atoms with Gasteiger partial charge in [-0.25, -0.2) is 4.79 Å². The largest absolute Gasteiger partial charge is 0.496 e. The number of ether oxygens (including phenoxy) is 1. The highest BCUT2D eigenvalue weighted by Crippen LogP contribution is 2.39. The van der Waals surface area contributed by atoms with Crippen molar-refractivity contribution in [3.05, 3.63) is 24.0 Å². The first kappa shape index (κ1) is 24.2. The summed E-state index contributed by atoms with van der Waals surface area (Å²) in [5.41, 5.74) is -0.104. The van der Waals surface area contributed by atoms with Gasteiger partial charge in [0.1, 0.15) is 5.60 Å². The zero-order valence-corrected chi connectivity index (χ0v) is 21.0. The first-order chi connectivity index (χ1) is 15.3. The van der Waals surface area contributed by atoms with Gasteiger partial charge in [-0.05, 0) is 86.6 Å². The Morgan fingerprint density at radius 1 is 1.06 bits per heavy atom. The summed E-state index contributed by atoms with van der Waals surface area (Å²) in [5, 5.41) is 0. The SMILES string of the molecule is CC(C)(C)OC(=O)N1C2CCCC1CC(C(=O)c1cncc(B3OC(C)(C)C(C)(C)O3)c1)C2. The van der Waals surface area contributed by atoms with Gasteiger partial charge in [0.25, 0.3) is 0 Å². The average Bonchev–Trinajstić information content (AvgIpc) is 2.92. The summed E-state index contributed by atoms with van der Waals surface area (Å²) in [5.74, 6) is -0.0454. The van der Waals surface area contributed by atoms with E-state index < -0.39 is 23.9 Å². The van der Waals surface area contributed by atoms with Crippen LogP contribution in [-0.4, -0.2) is 57.8 Å². The van der Waals surface area contributed by atoms with Gasteiger partial charge in [0.15, 0.2) is 5.78 Å². The number of fused-ring (bicyclic) bond motifs is 2. The summed E-state index contributed by atoms with van der Waals surface area (Å²) in [4.78, 5) is 32.6. The summed E-state index contributed by atoms with van der Waals surface area (Å²) < 4.78 is 17.9. The molecule has 4 rings (SSSR count). The Kier molecular flexibility index (Phi) is 6.15. The number of ketones is 1. The minimum Gasteiger partial charge on any atom is -0.444 e. The molecule has 3 saturated heterocycles. The monoisotopic (exact) mass is 456 g/mol. The molecule has 0 saturated carbocycles. The third-order valence-corrected chi connectivity index (χ3v) is 7.52. The fraction of sp³-hybridized carbons (Fsp3) is 0.720. The number of hydrogen-bond acceptors (Lipinski definition) is 6. The van der Waals surface area contributed by atoms with Gasteiger partial charge in [-0.3, -0.25) is 9.78 Å². The highest BCUT2D eigenvalue weighted by Gasteiger charge is 2.52. The molecule has 2 unspecified atom stereocenters. The number of piperidine rings is 2. The van der Waals surface area contributed by atoms with Crippen LogP contribution in [0.15, 0.2) is 18.5 Å².